The van der Waals surface area contributed by atoms with Crippen LogP contribution in [0.1, 0.15) is 40.0 Å². The van der Waals surface area contributed by atoms with E-state index < -0.39 is 6.10 Å². The van der Waals surface area contributed by atoms with E-state index in [1.807, 2.05) is 31.2 Å². The predicted octanol–water partition coefficient (Wildman–Crippen LogP) is 3.75. The maximum atomic E-state index is 12.7. The van der Waals surface area contributed by atoms with Crippen molar-refractivity contribution < 1.29 is 14.3 Å². The molecule has 192 valence electrons. The van der Waals surface area contributed by atoms with Gasteiger partial charge in [0.2, 0.25) is 0 Å². The first kappa shape index (κ1) is 27.6. The van der Waals surface area contributed by atoms with E-state index in [0.717, 1.165) is 50.2 Å². The lowest BCUT2D eigenvalue weighted by Crippen LogP contribution is -2.47. The lowest BCUT2D eigenvalue weighted by atomic mass is 9.88. The Hall–Kier alpha value is -2.03. The standard InChI is InChI=1S/C27H39ClN4O3/c1-19-8-9-22(28)21(15-24(19)32-26(33)25-18-31-12-14-34-25)23(29-4)7-5-6-11-30-17-20-10-13-35-27(2,3)16-20/h5-7,9,15,20,25,30-31H,4,8,10-14,16-18H2,1-3H3,(H,32,33). The van der Waals surface area contributed by atoms with Crippen molar-refractivity contribution in [3.8, 4) is 0 Å². The van der Waals surface area contributed by atoms with Crippen molar-refractivity contribution in [2.24, 2.45) is 10.9 Å². The molecule has 2 saturated heterocycles. The molecule has 2 atom stereocenters. The van der Waals surface area contributed by atoms with Crippen molar-refractivity contribution in [3.63, 3.8) is 0 Å². The monoisotopic (exact) mass is 502 g/mol. The van der Waals surface area contributed by atoms with Gasteiger partial charge in [-0.2, -0.15) is 0 Å². The Morgan fingerprint density at radius 1 is 1.40 bits per heavy atom. The Morgan fingerprint density at radius 3 is 2.94 bits per heavy atom. The Labute approximate surface area is 214 Å². The molecule has 3 N–H and O–H groups in total. The zero-order chi connectivity index (χ0) is 25.3. The van der Waals surface area contributed by atoms with Gasteiger partial charge in [-0.3, -0.25) is 9.79 Å². The molecule has 2 unspecified atom stereocenters. The molecule has 35 heavy (non-hydrogen) atoms. The molecule has 2 aliphatic heterocycles. The molecule has 8 heteroatoms. The molecule has 2 heterocycles. The molecule has 0 aromatic rings. The summed E-state index contributed by atoms with van der Waals surface area (Å²) in [6, 6.07) is 0. The molecule has 2 fully saturated rings. The molecule has 7 nitrogen and oxygen atoms in total. The second-order valence-electron chi connectivity index (χ2n) is 9.82. The van der Waals surface area contributed by atoms with Gasteiger partial charge in [0.25, 0.3) is 5.91 Å². The van der Waals surface area contributed by atoms with E-state index in [9.17, 15) is 4.79 Å². The SMILES string of the molecule is C=NC(=CC=CCNCC1CCOC(C)(C)C1)C1=CC(NC(=O)C2CNCCO2)=C(C)CC=C1Cl. The number of carbonyl (C=O) groups excluding carboxylic acids is 1. The van der Waals surface area contributed by atoms with Crippen LogP contribution >= 0.6 is 11.6 Å². The number of halogens is 1. The molecule has 3 rings (SSSR count). The van der Waals surface area contributed by atoms with E-state index in [4.69, 9.17) is 21.1 Å². The quantitative estimate of drug-likeness (QED) is 0.254. The highest BCUT2D eigenvalue weighted by Crippen LogP contribution is 2.30. The number of allylic oxidation sites excluding steroid dienone is 6. The smallest absolute Gasteiger partial charge is 0.254 e. The second-order valence-corrected chi connectivity index (χ2v) is 10.2. The third kappa shape index (κ3) is 8.54. The van der Waals surface area contributed by atoms with Crippen LogP contribution in [-0.4, -0.2) is 63.7 Å². The Balaban J connectivity index is 1.61. The summed E-state index contributed by atoms with van der Waals surface area (Å²) in [6.45, 7) is 14.4. The van der Waals surface area contributed by atoms with Gasteiger partial charge in [-0.15, -0.1) is 0 Å². The summed E-state index contributed by atoms with van der Waals surface area (Å²) in [5.41, 5.74) is 3.06. The van der Waals surface area contributed by atoms with Gasteiger partial charge in [-0.1, -0.05) is 29.8 Å². The number of nitrogens with one attached hydrogen (secondary N) is 3. The fourth-order valence-corrected chi connectivity index (χ4v) is 4.67. The number of rotatable bonds is 9. The average molecular weight is 503 g/mol. The molecule has 0 spiro atoms. The van der Waals surface area contributed by atoms with Gasteiger partial charge in [0.15, 0.2) is 0 Å². The summed E-state index contributed by atoms with van der Waals surface area (Å²) in [7, 11) is 0. The van der Waals surface area contributed by atoms with Gasteiger partial charge in [-0.25, -0.2) is 0 Å². The molecule has 0 bridgehead atoms. The van der Waals surface area contributed by atoms with Crippen molar-refractivity contribution >= 4 is 24.2 Å². The zero-order valence-electron chi connectivity index (χ0n) is 21.2. The van der Waals surface area contributed by atoms with E-state index in [1.165, 1.54) is 0 Å². The maximum absolute atomic E-state index is 12.7. The highest BCUT2D eigenvalue weighted by Gasteiger charge is 2.28. The molecule has 3 aliphatic rings. The number of hydrogen-bond donors (Lipinski definition) is 3. The van der Waals surface area contributed by atoms with Crippen molar-refractivity contribution in [1.82, 2.24) is 16.0 Å². The maximum Gasteiger partial charge on any atom is 0.254 e. The fourth-order valence-electron chi connectivity index (χ4n) is 4.44. The van der Waals surface area contributed by atoms with E-state index in [2.05, 4.69) is 47.6 Å². The summed E-state index contributed by atoms with van der Waals surface area (Å²) in [6.07, 6.45) is 12.0. The first-order valence-corrected chi connectivity index (χ1v) is 12.8. The van der Waals surface area contributed by atoms with Crippen LogP contribution in [0.25, 0.3) is 0 Å². The lowest BCUT2D eigenvalue weighted by molar-refractivity contribution is -0.133. The predicted molar refractivity (Wildman–Crippen MR) is 142 cm³/mol. The summed E-state index contributed by atoms with van der Waals surface area (Å²) in [4.78, 5) is 16.9. The van der Waals surface area contributed by atoms with Crippen LogP contribution in [0.5, 0.6) is 0 Å². The third-order valence-corrected chi connectivity index (χ3v) is 6.76. The second kappa shape index (κ2) is 13.3. The molecule has 1 amide bonds. The molecule has 0 aromatic carbocycles. The minimum Gasteiger partial charge on any atom is -0.376 e. The first-order valence-electron chi connectivity index (χ1n) is 12.4. The van der Waals surface area contributed by atoms with Crippen LogP contribution in [0.2, 0.25) is 0 Å². The fraction of sp³-hybridized carbons (Fsp3) is 0.556. The molecular weight excluding hydrogens is 464 g/mol. The Morgan fingerprint density at radius 2 is 2.23 bits per heavy atom. The van der Waals surface area contributed by atoms with Crippen molar-refractivity contribution in [1.29, 1.82) is 0 Å². The van der Waals surface area contributed by atoms with E-state index in [1.54, 1.807) is 0 Å². The number of ether oxygens (including phenoxy) is 2. The van der Waals surface area contributed by atoms with Crippen LogP contribution in [0.15, 0.2) is 62.9 Å². The molecule has 1 aliphatic carbocycles. The average Bonchev–Trinajstić information content (AvgIpc) is 2.97. The topological polar surface area (TPSA) is 84.0 Å². The number of amides is 1. The van der Waals surface area contributed by atoms with Crippen LogP contribution < -0.4 is 16.0 Å². The number of nitrogens with zero attached hydrogens (tertiary/aromatic N) is 1. The summed E-state index contributed by atoms with van der Waals surface area (Å²) in [5.74, 6) is 0.461. The van der Waals surface area contributed by atoms with Gasteiger partial charge in [0, 0.05) is 42.5 Å². The molecule has 0 radical (unpaired) electrons. The molecule has 0 saturated carbocycles. The minimum atomic E-state index is -0.511. The zero-order valence-corrected chi connectivity index (χ0v) is 21.9. The van der Waals surface area contributed by atoms with Gasteiger partial charge in [-0.05, 0) is 76.9 Å². The van der Waals surface area contributed by atoms with E-state index >= 15 is 0 Å². The van der Waals surface area contributed by atoms with Gasteiger partial charge >= 0.3 is 0 Å². The van der Waals surface area contributed by atoms with E-state index in [-0.39, 0.29) is 11.5 Å². The van der Waals surface area contributed by atoms with Crippen LogP contribution in [0, 0.1) is 5.92 Å². The Kier molecular flexibility index (Phi) is 10.5. The van der Waals surface area contributed by atoms with Gasteiger partial charge in [0.05, 0.1) is 17.9 Å². The lowest BCUT2D eigenvalue weighted by Gasteiger charge is -2.35. The van der Waals surface area contributed by atoms with Crippen LogP contribution in [0.4, 0.5) is 0 Å². The van der Waals surface area contributed by atoms with Crippen LogP contribution in [-0.2, 0) is 14.3 Å². The van der Waals surface area contributed by atoms with Crippen LogP contribution in [0.3, 0.4) is 0 Å². The minimum absolute atomic E-state index is 0.0294. The van der Waals surface area contributed by atoms with E-state index in [0.29, 0.717) is 41.9 Å². The van der Waals surface area contributed by atoms with Crippen molar-refractivity contribution in [2.45, 2.75) is 51.7 Å². The number of aliphatic imine (C=N–C) groups is 1. The number of carbonyl (C=O) groups is 1. The normalized spacial score (nSPS) is 25.7. The Bertz CT molecular complexity index is 927. The summed E-state index contributed by atoms with van der Waals surface area (Å²) >= 11 is 6.59. The van der Waals surface area contributed by atoms with Crippen molar-refractivity contribution in [3.05, 3.63) is 58.0 Å². The number of hydrogen-bond acceptors (Lipinski definition) is 6. The van der Waals surface area contributed by atoms with Gasteiger partial charge in [0.1, 0.15) is 6.10 Å². The van der Waals surface area contributed by atoms with Crippen molar-refractivity contribution in [2.75, 3.05) is 39.4 Å². The highest BCUT2D eigenvalue weighted by molar-refractivity contribution is 6.32. The molecular formula is C27H39ClN4O3. The number of morpholine rings is 1. The summed E-state index contributed by atoms with van der Waals surface area (Å²) in [5, 5.41) is 10.3. The molecule has 0 aromatic heterocycles. The largest absolute Gasteiger partial charge is 0.376 e. The summed E-state index contributed by atoms with van der Waals surface area (Å²) < 4.78 is 11.4. The van der Waals surface area contributed by atoms with Gasteiger partial charge < -0.3 is 25.4 Å². The highest BCUT2D eigenvalue weighted by atomic mass is 35.5. The first-order chi connectivity index (χ1) is 16.8. The third-order valence-electron chi connectivity index (χ3n) is 6.40.